The molecule has 172 valence electrons. The van der Waals surface area contributed by atoms with Gasteiger partial charge in [-0.15, -0.1) is 0 Å². The van der Waals surface area contributed by atoms with Crippen LogP contribution in [-0.2, 0) is 9.53 Å². The number of aromatic nitrogens is 2. The zero-order chi connectivity index (χ0) is 23.2. The molecule has 0 aliphatic carbocycles. The fourth-order valence-electron chi connectivity index (χ4n) is 3.38. The van der Waals surface area contributed by atoms with Gasteiger partial charge < -0.3 is 25.0 Å². The minimum atomic E-state index is -0.321. The largest absolute Gasteiger partial charge is 0.486 e. The summed E-state index contributed by atoms with van der Waals surface area (Å²) in [6, 6.07) is 9.55. The quantitative estimate of drug-likeness (QED) is 0.505. The molecule has 8 nitrogen and oxygen atoms in total. The number of hydrogen-bond acceptors (Lipinski definition) is 7. The van der Waals surface area contributed by atoms with E-state index in [0.29, 0.717) is 53.6 Å². The lowest BCUT2D eigenvalue weighted by molar-refractivity contribution is -0.111. The number of ether oxygens (including phenoxy) is 2. The number of nitrogens with zero attached hydrogens (tertiary/aromatic N) is 3. The number of anilines is 3. The summed E-state index contributed by atoms with van der Waals surface area (Å²) in [6.45, 7) is 1.78. The van der Waals surface area contributed by atoms with Gasteiger partial charge in [-0.1, -0.05) is 6.08 Å². The molecule has 2 N–H and O–H groups in total. The highest BCUT2D eigenvalue weighted by Crippen LogP contribution is 2.34. The fourth-order valence-corrected chi connectivity index (χ4v) is 3.38. The predicted molar refractivity (Wildman–Crippen MR) is 125 cm³/mol. The van der Waals surface area contributed by atoms with Crippen molar-refractivity contribution in [1.29, 1.82) is 0 Å². The van der Waals surface area contributed by atoms with Crippen molar-refractivity contribution in [3.8, 4) is 5.75 Å². The van der Waals surface area contributed by atoms with Gasteiger partial charge in [0.15, 0.2) is 0 Å². The molecule has 0 bridgehead atoms. The molecule has 3 aromatic rings. The highest BCUT2D eigenvalue weighted by Gasteiger charge is 2.20. The molecule has 0 unspecified atom stereocenters. The average Bonchev–Trinajstić information content (AvgIpc) is 3.29. The second-order valence-corrected chi connectivity index (χ2v) is 7.98. The zero-order valence-electron chi connectivity index (χ0n) is 18.5. The number of halogens is 1. The van der Waals surface area contributed by atoms with E-state index in [2.05, 4.69) is 20.6 Å². The van der Waals surface area contributed by atoms with E-state index in [4.69, 9.17) is 9.47 Å². The number of likely N-dealkylation sites (N-methyl/N-ethyl adjacent to an activating group) is 1. The maximum absolute atomic E-state index is 13.3. The van der Waals surface area contributed by atoms with Crippen molar-refractivity contribution in [2.45, 2.75) is 12.5 Å². The predicted octanol–water partition coefficient (Wildman–Crippen LogP) is 3.74. The summed E-state index contributed by atoms with van der Waals surface area (Å²) in [5, 5.41) is 6.77. The van der Waals surface area contributed by atoms with Crippen molar-refractivity contribution in [2.24, 2.45) is 0 Å². The molecule has 33 heavy (non-hydrogen) atoms. The van der Waals surface area contributed by atoms with Crippen molar-refractivity contribution >= 4 is 34.0 Å². The fraction of sp³-hybridized carbons (Fsp3) is 0.292. The number of benzene rings is 2. The number of fused-ring (bicyclic) bond motifs is 1. The Bertz CT molecular complexity index is 1140. The van der Waals surface area contributed by atoms with Gasteiger partial charge in [0.2, 0.25) is 5.91 Å². The van der Waals surface area contributed by atoms with Crippen LogP contribution < -0.4 is 15.4 Å². The molecular weight excluding hydrogens is 425 g/mol. The average molecular weight is 452 g/mol. The molecule has 1 saturated heterocycles. The number of nitrogens with one attached hydrogen (secondary N) is 2. The van der Waals surface area contributed by atoms with Crippen molar-refractivity contribution in [3.05, 3.63) is 60.7 Å². The molecule has 9 heteroatoms. The van der Waals surface area contributed by atoms with Gasteiger partial charge in [0.05, 0.1) is 24.4 Å². The number of rotatable bonds is 8. The van der Waals surface area contributed by atoms with Crippen LogP contribution in [0, 0.1) is 5.82 Å². The van der Waals surface area contributed by atoms with Crippen LogP contribution in [0.25, 0.3) is 10.9 Å². The van der Waals surface area contributed by atoms with Gasteiger partial charge in [0.25, 0.3) is 0 Å². The molecular formula is C24H26FN5O3. The number of amides is 1. The first-order valence-electron chi connectivity index (χ1n) is 10.7. The molecule has 2 aromatic carbocycles. The second-order valence-electron chi connectivity index (χ2n) is 7.98. The lowest BCUT2D eigenvalue weighted by atomic mass is 10.1. The van der Waals surface area contributed by atoms with Crippen molar-refractivity contribution < 1.29 is 18.7 Å². The Morgan fingerprint density at radius 3 is 2.82 bits per heavy atom. The highest BCUT2D eigenvalue weighted by molar-refractivity contribution is 6.03. The maximum atomic E-state index is 13.3. The highest BCUT2D eigenvalue weighted by atomic mass is 19.1. The van der Waals surface area contributed by atoms with Crippen molar-refractivity contribution in [1.82, 2.24) is 14.9 Å². The van der Waals surface area contributed by atoms with Crippen LogP contribution in [0.3, 0.4) is 0 Å². The lowest BCUT2D eigenvalue weighted by Crippen LogP contribution is -2.18. The van der Waals surface area contributed by atoms with Gasteiger partial charge in [-0.05, 0) is 44.4 Å². The monoisotopic (exact) mass is 451 g/mol. The topological polar surface area (TPSA) is 88.6 Å². The van der Waals surface area contributed by atoms with E-state index < -0.39 is 0 Å². The van der Waals surface area contributed by atoms with E-state index >= 15 is 0 Å². The Morgan fingerprint density at radius 2 is 2.09 bits per heavy atom. The van der Waals surface area contributed by atoms with Crippen LogP contribution in [0.4, 0.5) is 21.6 Å². The standard InChI is InChI=1S/C24H26FN5O3/c1-30(2)10-3-4-23(31)29-21-12-19-20(13-22(21)33-18-9-11-32-14-18)26-15-27-24(19)28-17-7-5-16(25)6-8-17/h3-8,12-13,15,18H,9-11,14H2,1-2H3,(H,29,31)(H,26,27,28)/b4-3+/t18-/m1/s1. The number of carbonyl (C=O) groups excluding carboxylic acids is 1. The summed E-state index contributed by atoms with van der Waals surface area (Å²) in [7, 11) is 3.85. The SMILES string of the molecule is CN(C)C/C=C/C(=O)Nc1cc2c(Nc3ccc(F)cc3)ncnc2cc1O[C@@H]1CCOC1. The van der Waals surface area contributed by atoms with Gasteiger partial charge >= 0.3 is 0 Å². The summed E-state index contributed by atoms with van der Waals surface area (Å²) >= 11 is 0. The molecule has 1 aliphatic rings. The van der Waals surface area contributed by atoms with Gasteiger partial charge in [-0.2, -0.15) is 0 Å². The van der Waals surface area contributed by atoms with Crippen LogP contribution in [0.5, 0.6) is 5.75 Å². The van der Waals surface area contributed by atoms with Gasteiger partial charge in [-0.3, -0.25) is 4.79 Å². The van der Waals surface area contributed by atoms with Crippen molar-refractivity contribution in [3.63, 3.8) is 0 Å². The first kappa shape index (κ1) is 22.6. The summed E-state index contributed by atoms with van der Waals surface area (Å²) < 4.78 is 24.8. The van der Waals surface area contributed by atoms with E-state index in [0.717, 1.165) is 6.42 Å². The molecule has 0 spiro atoms. The van der Waals surface area contributed by atoms with Gasteiger partial charge in [-0.25, -0.2) is 14.4 Å². The molecule has 2 heterocycles. The molecule has 0 saturated carbocycles. The van der Waals surface area contributed by atoms with Crippen molar-refractivity contribution in [2.75, 3.05) is 44.5 Å². The second kappa shape index (κ2) is 10.4. The normalized spacial score (nSPS) is 15.9. The Balaban J connectivity index is 1.67. The molecule has 1 aliphatic heterocycles. The third kappa shape index (κ3) is 6.03. The third-order valence-corrected chi connectivity index (χ3v) is 5.02. The Kier molecular flexibility index (Phi) is 7.11. The summed E-state index contributed by atoms with van der Waals surface area (Å²) in [5.74, 6) is 0.450. The Labute approximate surface area is 191 Å². The molecule has 1 atom stereocenters. The minimum absolute atomic E-state index is 0.0963. The zero-order valence-corrected chi connectivity index (χ0v) is 18.5. The third-order valence-electron chi connectivity index (χ3n) is 5.02. The van der Waals surface area contributed by atoms with Crippen LogP contribution in [0.2, 0.25) is 0 Å². The maximum Gasteiger partial charge on any atom is 0.248 e. The summed E-state index contributed by atoms with van der Waals surface area (Å²) in [6.07, 6.45) is 5.40. The van der Waals surface area contributed by atoms with Crippen LogP contribution in [0.1, 0.15) is 6.42 Å². The van der Waals surface area contributed by atoms with Crippen LogP contribution in [0.15, 0.2) is 54.9 Å². The van der Waals surface area contributed by atoms with Crippen LogP contribution in [-0.4, -0.2) is 60.7 Å². The van der Waals surface area contributed by atoms with Crippen LogP contribution >= 0.6 is 0 Å². The summed E-state index contributed by atoms with van der Waals surface area (Å²) in [5.41, 5.74) is 1.83. The number of carbonyl (C=O) groups is 1. The summed E-state index contributed by atoms with van der Waals surface area (Å²) in [4.78, 5) is 23.2. The molecule has 1 fully saturated rings. The first-order valence-corrected chi connectivity index (χ1v) is 10.7. The van der Waals surface area contributed by atoms with E-state index in [1.807, 2.05) is 19.0 Å². The molecule has 1 amide bonds. The van der Waals surface area contributed by atoms with E-state index in [9.17, 15) is 9.18 Å². The van der Waals surface area contributed by atoms with Gasteiger partial charge in [0.1, 0.15) is 29.8 Å². The van der Waals surface area contributed by atoms with E-state index in [-0.39, 0.29) is 17.8 Å². The van der Waals surface area contributed by atoms with Gasteiger partial charge in [0, 0.05) is 36.2 Å². The molecule has 0 radical (unpaired) electrons. The lowest BCUT2D eigenvalue weighted by Gasteiger charge is -2.17. The van der Waals surface area contributed by atoms with E-state index in [1.165, 1.54) is 24.5 Å². The smallest absolute Gasteiger partial charge is 0.248 e. The minimum Gasteiger partial charge on any atom is -0.486 e. The Hall–Kier alpha value is -3.56. The number of hydrogen-bond donors (Lipinski definition) is 2. The Morgan fingerprint density at radius 1 is 1.27 bits per heavy atom. The first-order chi connectivity index (χ1) is 16.0. The van der Waals surface area contributed by atoms with E-state index in [1.54, 1.807) is 30.3 Å². The molecule has 4 rings (SSSR count). The molecule has 1 aromatic heterocycles.